The molecule has 0 saturated heterocycles. The number of hydrogen-bond acceptors (Lipinski definition) is 7. The molecule has 0 radical (unpaired) electrons. The lowest BCUT2D eigenvalue weighted by atomic mass is 10.0. The topological polar surface area (TPSA) is 123 Å². The summed E-state index contributed by atoms with van der Waals surface area (Å²) < 4.78 is 52.6. The van der Waals surface area contributed by atoms with Gasteiger partial charge in [-0.1, -0.05) is 17.7 Å². The summed E-state index contributed by atoms with van der Waals surface area (Å²) in [5.74, 6) is -0.619. The predicted octanol–water partition coefficient (Wildman–Crippen LogP) is 4.31. The fourth-order valence-corrected chi connectivity index (χ4v) is 4.18. The first-order valence-corrected chi connectivity index (χ1v) is 11.4. The van der Waals surface area contributed by atoms with Crippen molar-refractivity contribution >= 4 is 11.6 Å². The second kappa shape index (κ2) is 9.68. The number of nitrogens with zero attached hydrogens (tertiary/aromatic N) is 4. The molecule has 0 atom stereocenters. The smallest absolute Gasteiger partial charge is 0.437 e. The molecule has 0 fully saturated rings. The second-order valence-corrected chi connectivity index (χ2v) is 8.70. The largest absolute Gasteiger partial charge is 0.493 e. The van der Waals surface area contributed by atoms with Gasteiger partial charge in [0.25, 0.3) is 11.1 Å². The predicted molar refractivity (Wildman–Crippen MR) is 128 cm³/mol. The fourth-order valence-electron chi connectivity index (χ4n) is 3.95. The van der Waals surface area contributed by atoms with E-state index in [-0.39, 0.29) is 34.1 Å². The van der Waals surface area contributed by atoms with E-state index in [1.807, 2.05) is 6.07 Å². The lowest BCUT2D eigenvalue weighted by Crippen LogP contribution is -2.27. The number of aromatic nitrogens is 4. The van der Waals surface area contributed by atoms with Crippen molar-refractivity contribution in [2.45, 2.75) is 19.1 Å². The van der Waals surface area contributed by atoms with Crippen LogP contribution < -0.4 is 20.6 Å². The van der Waals surface area contributed by atoms with Crippen molar-refractivity contribution in [1.82, 2.24) is 19.7 Å². The van der Waals surface area contributed by atoms with E-state index < -0.39 is 28.7 Å². The minimum absolute atomic E-state index is 0.0216. The quantitative estimate of drug-likeness (QED) is 0.399. The first kappa shape index (κ1) is 25.0. The van der Waals surface area contributed by atoms with Gasteiger partial charge in [0.05, 0.1) is 42.4 Å². The molecule has 0 unspecified atom stereocenters. The van der Waals surface area contributed by atoms with Crippen LogP contribution in [-0.2, 0) is 19.1 Å². The Kier molecular flexibility index (Phi) is 6.38. The minimum Gasteiger partial charge on any atom is -0.493 e. The molecule has 2 aromatic heterocycles. The maximum Gasteiger partial charge on any atom is 0.437 e. The number of ether oxygens (including phenoxy) is 2. The van der Waals surface area contributed by atoms with Crippen molar-refractivity contribution < 1.29 is 22.6 Å². The molecule has 2 aromatic carbocycles. The third-order valence-corrected chi connectivity index (χ3v) is 5.89. The molecule has 1 aliphatic heterocycles. The summed E-state index contributed by atoms with van der Waals surface area (Å²) in [5.41, 5.74) is -1.20. The Morgan fingerprint density at radius 1 is 1.18 bits per heavy atom. The molecule has 0 aliphatic carbocycles. The zero-order valence-corrected chi connectivity index (χ0v) is 19.9. The van der Waals surface area contributed by atoms with Crippen molar-refractivity contribution in [2.24, 2.45) is 0 Å². The van der Waals surface area contributed by atoms with E-state index in [1.165, 1.54) is 12.1 Å². The molecule has 1 aliphatic rings. The van der Waals surface area contributed by atoms with Gasteiger partial charge in [-0.15, -0.1) is 0 Å². The summed E-state index contributed by atoms with van der Waals surface area (Å²) >= 11 is 5.92. The van der Waals surface area contributed by atoms with E-state index >= 15 is 0 Å². The monoisotopic (exact) mass is 541 g/mol. The molecule has 0 saturated carbocycles. The number of aromatic amines is 1. The van der Waals surface area contributed by atoms with Gasteiger partial charge in [0.15, 0.2) is 5.69 Å². The average Bonchev–Trinajstić information content (AvgIpc) is 3.34. The maximum atomic E-state index is 13.7. The number of H-pyrrole nitrogens is 1. The highest BCUT2D eigenvalue weighted by molar-refractivity contribution is 6.30. The Labute approximate surface area is 216 Å². The van der Waals surface area contributed by atoms with Gasteiger partial charge in [-0.25, -0.2) is 10.1 Å². The van der Waals surface area contributed by atoms with Crippen molar-refractivity contribution in [3.63, 3.8) is 0 Å². The third kappa shape index (κ3) is 4.96. The van der Waals surface area contributed by atoms with Crippen LogP contribution in [0.15, 0.2) is 58.4 Å². The number of fused-ring (bicyclic) bond motifs is 1. The van der Waals surface area contributed by atoms with Crippen LogP contribution in [-0.4, -0.2) is 26.4 Å². The van der Waals surface area contributed by atoms with Gasteiger partial charge in [0.2, 0.25) is 5.75 Å². The zero-order chi connectivity index (χ0) is 27.0. The number of nitrogens with one attached hydrogen (secondary N) is 1. The van der Waals surface area contributed by atoms with Gasteiger partial charge in [-0.2, -0.15) is 23.5 Å². The second-order valence-electron chi connectivity index (χ2n) is 8.27. The third-order valence-electron chi connectivity index (χ3n) is 5.67. The molecular formula is C25H15ClF3N5O4. The number of nitriles is 1. The highest BCUT2D eigenvalue weighted by Crippen LogP contribution is 2.35. The molecule has 0 amide bonds. The number of rotatable bonds is 5. The van der Waals surface area contributed by atoms with Crippen LogP contribution in [0.4, 0.5) is 13.2 Å². The summed E-state index contributed by atoms with van der Waals surface area (Å²) in [5, 5.41) is 15.4. The van der Waals surface area contributed by atoms with Gasteiger partial charge in [0, 0.05) is 11.4 Å². The Morgan fingerprint density at radius 2 is 2.00 bits per heavy atom. The molecule has 38 heavy (non-hydrogen) atoms. The Hall–Kier alpha value is -4.63. The molecule has 0 spiro atoms. The van der Waals surface area contributed by atoms with Crippen molar-refractivity contribution in [3.8, 4) is 34.4 Å². The summed E-state index contributed by atoms with van der Waals surface area (Å²) in [7, 11) is 0. The fraction of sp³-hybridized carbons (Fsp3) is 0.160. The van der Waals surface area contributed by atoms with Crippen LogP contribution in [0.25, 0.3) is 11.1 Å². The molecule has 3 heterocycles. The highest BCUT2D eigenvalue weighted by atomic mass is 35.5. The normalized spacial score (nSPS) is 12.5. The van der Waals surface area contributed by atoms with Gasteiger partial charge in [-0.05, 0) is 47.5 Å². The average molecular weight is 542 g/mol. The van der Waals surface area contributed by atoms with E-state index in [0.717, 1.165) is 34.3 Å². The SMILES string of the molecule is N#Cc1cc(Cl)cc(Oc2c(C(F)(F)F)ncn(Cc3cc(-c4ccc5c(c4)CCO5)c(=O)[nH]n3)c2=O)c1. The Balaban J connectivity index is 1.53. The van der Waals surface area contributed by atoms with Crippen LogP contribution in [0.1, 0.15) is 22.5 Å². The van der Waals surface area contributed by atoms with Gasteiger partial charge >= 0.3 is 6.18 Å². The van der Waals surface area contributed by atoms with Crippen LogP contribution in [0.3, 0.4) is 0 Å². The molecule has 1 N–H and O–H groups in total. The van der Waals surface area contributed by atoms with E-state index in [4.69, 9.17) is 26.3 Å². The number of alkyl halides is 3. The Morgan fingerprint density at radius 3 is 2.76 bits per heavy atom. The molecule has 4 aromatic rings. The zero-order valence-electron chi connectivity index (χ0n) is 19.2. The first-order valence-electron chi connectivity index (χ1n) is 11.0. The standard InChI is InChI=1S/C25H15ClF3N5O4/c26-16-5-13(10-30)6-18(8-16)38-21-22(25(27,28)29)31-12-34(24(21)36)11-17-9-19(23(35)33-32-17)14-1-2-20-15(7-14)3-4-37-20/h1-2,5-9,12H,3-4,11H2,(H,33,35). The number of halogens is 4. The lowest BCUT2D eigenvalue weighted by Gasteiger charge is -2.15. The van der Waals surface area contributed by atoms with Gasteiger partial charge in [-0.3, -0.25) is 14.2 Å². The Bertz CT molecular complexity index is 1730. The first-order chi connectivity index (χ1) is 18.1. The maximum absolute atomic E-state index is 13.7. The molecule has 192 valence electrons. The molecule has 9 nitrogen and oxygen atoms in total. The highest BCUT2D eigenvalue weighted by Gasteiger charge is 2.39. The van der Waals surface area contributed by atoms with E-state index in [9.17, 15) is 22.8 Å². The summed E-state index contributed by atoms with van der Waals surface area (Å²) in [4.78, 5) is 29.0. The number of hydrogen-bond donors (Lipinski definition) is 1. The van der Waals surface area contributed by atoms with E-state index in [2.05, 4.69) is 15.2 Å². The van der Waals surface area contributed by atoms with Crippen LogP contribution >= 0.6 is 11.6 Å². The summed E-state index contributed by atoms with van der Waals surface area (Å²) in [6.07, 6.45) is -3.60. The van der Waals surface area contributed by atoms with Crippen molar-refractivity contribution in [3.05, 3.63) is 97.0 Å². The van der Waals surface area contributed by atoms with Crippen LogP contribution in [0.5, 0.6) is 17.2 Å². The van der Waals surface area contributed by atoms with Gasteiger partial charge in [0.1, 0.15) is 11.5 Å². The van der Waals surface area contributed by atoms with Crippen molar-refractivity contribution in [1.29, 1.82) is 5.26 Å². The van der Waals surface area contributed by atoms with E-state index in [0.29, 0.717) is 18.6 Å². The van der Waals surface area contributed by atoms with Crippen molar-refractivity contribution in [2.75, 3.05) is 6.61 Å². The molecule has 0 bridgehead atoms. The molecule has 13 heteroatoms. The summed E-state index contributed by atoms with van der Waals surface area (Å²) in [6.45, 7) is 0.217. The van der Waals surface area contributed by atoms with Crippen LogP contribution in [0.2, 0.25) is 5.02 Å². The van der Waals surface area contributed by atoms with Gasteiger partial charge < -0.3 is 9.47 Å². The summed E-state index contributed by atoms with van der Waals surface area (Å²) in [6, 6.07) is 12.1. The minimum atomic E-state index is -5.01. The molecule has 5 rings (SSSR count). The molecular weight excluding hydrogens is 527 g/mol. The lowest BCUT2D eigenvalue weighted by molar-refractivity contribution is -0.142. The van der Waals surface area contributed by atoms with Crippen LogP contribution in [0, 0.1) is 11.3 Å². The van der Waals surface area contributed by atoms with E-state index in [1.54, 1.807) is 18.2 Å². The number of benzene rings is 2.